The van der Waals surface area contributed by atoms with Crippen molar-refractivity contribution in [1.29, 1.82) is 5.26 Å². The second-order valence-corrected chi connectivity index (χ2v) is 17.4. The summed E-state index contributed by atoms with van der Waals surface area (Å²) < 4.78 is 6.35. The van der Waals surface area contributed by atoms with Crippen LogP contribution in [0.25, 0.3) is 0 Å². The molecule has 4 fully saturated rings. The number of benzene rings is 2. The molecule has 8 rings (SSSR count). The molecule has 58 heavy (non-hydrogen) atoms. The molecule has 2 aromatic carbocycles. The van der Waals surface area contributed by atoms with Crippen LogP contribution in [0.3, 0.4) is 0 Å². The maximum atomic E-state index is 13.4. The summed E-state index contributed by atoms with van der Waals surface area (Å²) >= 11 is 6.24. The fourth-order valence-corrected chi connectivity index (χ4v) is 10.1. The Kier molecular flexibility index (Phi) is 10.1. The fourth-order valence-electron chi connectivity index (χ4n) is 9.88. The number of rotatable bonds is 8. The van der Waals surface area contributed by atoms with Crippen LogP contribution in [0.2, 0.25) is 5.02 Å². The molecule has 1 aliphatic carbocycles. The Morgan fingerprint density at radius 2 is 1.57 bits per heavy atom. The van der Waals surface area contributed by atoms with Crippen LogP contribution in [0.15, 0.2) is 48.5 Å². The monoisotopic (exact) mass is 807 g/mol. The number of anilines is 2. The number of hydrogen-bond acceptors (Lipinski definition) is 12. The van der Waals surface area contributed by atoms with Crippen molar-refractivity contribution in [2.45, 2.75) is 77.6 Å². The van der Waals surface area contributed by atoms with E-state index in [0.717, 1.165) is 68.5 Å². The van der Waals surface area contributed by atoms with Crippen LogP contribution in [-0.4, -0.2) is 113 Å². The number of halogens is 1. The molecule has 5 amide bonds. The summed E-state index contributed by atoms with van der Waals surface area (Å²) in [5.74, 6) is -1.01. The molecule has 0 spiro atoms. The van der Waals surface area contributed by atoms with Gasteiger partial charge in [-0.1, -0.05) is 39.3 Å². The number of piperazine rings is 1. The van der Waals surface area contributed by atoms with Crippen LogP contribution in [-0.2, 0) is 9.59 Å². The maximum absolute atomic E-state index is 13.4. The summed E-state index contributed by atoms with van der Waals surface area (Å²) in [6, 6.07) is 15.2. The van der Waals surface area contributed by atoms with Gasteiger partial charge in [-0.3, -0.25) is 39.1 Å². The van der Waals surface area contributed by atoms with Crippen LogP contribution >= 0.6 is 11.6 Å². The lowest BCUT2D eigenvalue weighted by Gasteiger charge is -2.63. The summed E-state index contributed by atoms with van der Waals surface area (Å²) in [7, 11) is 0. The first-order valence-electron chi connectivity index (χ1n) is 19.8. The predicted molar refractivity (Wildman–Crippen MR) is 214 cm³/mol. The number of nitrogens with one attached hydrogen (secondary N) is 2. The van der Waals surface area contributed by atoms with Gasteiger partial charge in [-0.15, -0.1) is 10.2 Å². The lowest BCUT2D eigenvalue weighted by Crippen LogP contribution is -2.74. The minimum atomic E-state index is -0.986. The molecule has 5 heterocycles. The first kappa shape index (κ1) is 39.2. The molecule has 2 N–H and O–H groups in total. The molecule has 5 aliphatic rings. The number of amides is 5. The van der Waals surface area contributed by atoms with Gasteiger partial charge in [-0.05, 0) is 61.7 Å². The number of nitriles is 1. The number of ether oxygens (including phenoxy) is 1. The van der Waals surface area contributed by atoms with Crippen LogP contribution in [0, 0.1) is 22.2 Å². The van der Waals surface area contributed by atoms with Crippen molar-refractivity contribution in [1.82, 2.24) is 30.6 Å². The SMILES string of the molecule is CC1(C)C(NC(=O)c2ccc(N3CCN(C4CCN(c5ccc6c(c5)C(=O)N(C5CCC(=O)NC5=O)C6=O)CC4)CC3)nn2)C(C)(C)C1Oc1ccc(C#N)c(Cl)c1. The standard InChI is InChI=1S/C42H46ClN9O6/c1-41(2)39(42(3,4)40(41)58-27-7-5-24(23-44)30(43)22-27)46-35(54)31-9-11-33(48-47-31)51-19-17-50(18-20-51)25-13-15-49(16-14-25)26-6-8-28-29(21-26)38(57)52(37(28)56)32-10-12-34(53)45-36(32)55/h5-9,11,21-22,25,32,39-40H,10,12-20H2,1-4H3,(H,46,54)(H,45,53,55). The average molecular weight is 808 g/mol. The van der Waals surface area contributed by atoms with Gasteiger partial charge in [0.2, 0.25) is 11.8 Å². The number of nitrogens with zero attached hydrogens (tertiary/aromatic N) is 7. The molecule has 15 nitrogen and oxygen atoms in total. The topological polar surface area (TPSA) is 181 Å². The maximum Gasteiger partial charge on any atom is 0.272 e. The van der Waals surface area contributed by atoms with Crippen LogP contribution < -0.4 is 25.2 Å². The summed E-state index contributed by atoms with van der Waals surface area (Å²) in [6.07, 6.45) is 1.88. The van der Waals surface area contributed by atoms with E-state index in [4.69, 9.17) is 16.3 Å². The molecule has 1 atom stereocenters. The Labute approximate surface area is 341 Å². The molecule has 302 valence electrons. The van der Waals surface area contributed by atoms with E-state index in [2.05, 4.69) is 69.3 Å². The normalized spacial score (nSPS) is 24.5. The van der Waals surface area contributed by atoms with Gasteiger partial charge in [-0.25, -0.2) is 0 Å². The number of aromatic nitrogens is 2. The summed E-state index contributed by atoms with van der Waals surface area (Å²) in [4.78, 5) is 71.9. The van der Waals surface area contributed by atoms with Crippen LogP contribution in [0.4, 0.5) is 11.5 Å². The van der Waals surface area contributed by atoms with Crippen molar-refractivity contribution in [3.63, 3.8) is 0 Å². The largest absolute Gasteiger partial charge is 0.489 e. The highest BCUT2D eigenvalue weighted by molar-refractivity contribution is 6.31. The van der Waals surface area contributed by atoms with Gasteiger partial charge >= 0.3 is 0 Å². The predicted octanol–water partition coefficient (Wildman–Crippen LogP) is 3.81. The minimum Gasteiger partial charge on any atom is -0.489 e. The van der Waals surface area contributed by atoms with Gasteiger partial charge in [0.15, 0.2) is 11.5 Å². The van der Waals surface area contributed by atoms with Crippen molar-refractivity contribution >= 4 is 52.6 Å². The van der Waals surface area contributed by atoms with E-state index in [1.807, 2.05) is 12.1 Å². The fraction of sp³-hybridized carbons (Fsp3) is 0.476. The lowest BCUT2D eigenvalue weighted by atomic mass is 9.49. The summed E-state index contributed by atoms with van der Waals surface area (Å²) in [6.45, 7) is 13.1. The zero-order valence-electron chi connectivity index (χ0n) is 33.0. The van der Waals surface area contributed by atoms with E-state index in [-0.39, 0.29) is 42.2 Å². The summed E-state index contributed by atoms with van der Waals surface area (Å²) in [5.41, 5.74) is 1.26. The number of carbonyl (C=O) groups excluding carboxylic acids is 5. The van der Waals surface area contributed by atoms with E-state index in [9.17, 15) is 29.2 Å². The second-order valence-electron chi connectivity index (χ2n) is 17.0. The van der Waals surface area contributed by atoms with Crippen molar-refractivity contribution in [3.05, 3.63) is 75.9 Å². The molecular formula is C42H46ClN9O6. The van der Waals surface area contributed by atoms with E-state index in [1.54, 1.807) is 36.4 Å². The Morgan fingerprint density at radius 3 is 2.21 bits per heavy atom. The number of piperidine rings is 2. The second kappa shape index (κ2) is 15.0. The number of fused-ring (bicyclic) bond motifs is 1. The van der Waals surface area contributed by atoms with E-state index in [0.29, 0.717) is 27.9 Å². The highest BCUT2D eigenvalue weighted by atomic mass is 35.5. The van der Waals surface area contributed by atoms with Crippen molar-refractivity contribution in [2.75, 3.05) is 49.1 Å². The molecule has 1 aromatic heterocycles. The van der Waals surface area contributed by atoms with Crippen molar-refractivity contribution < 1.29 is 28.7 Å². The van der Waals surface area contributed by atoms with Gasteiger partial charge in [-0.2, -0.15) is 5.26 Å². The quantitative estimate of drug-likeness (QED) is 0.315. The Hall–Kier alpha value is -5.59. The lowest BCUT2D eigenvalue weighted by molar-refractivity contribution is -0.164. The zero-order chi connectivity index (χ0) is 41.1. The van der Waals surface area contributed by atoms with Crippen LogP contribution in [0.5, 0.6) is 5.75 Å². The highest BCUT2D eigenvalue weighted by Crippen LogP contribution is 2.55. The minimum absolute atomic E-state index is 0.0820. The van der Waals surface area contributed by atoms with E-state index < -0.39 is 40.5 Å². The number of carbonyl (C=O) groups is 5. The highest BCUT2D eigenvalue weighted by Gasteiger charge is 2.64. The van der Waals surface area contributed by atoms with Crippen molar-refractivity contribution in [3.8, 4) is 11.8 Å². The zero-order valence-corrected chi connectivity index (χ0v) is 33.7. The molecule has 0 bridgehead atoms. The van der Waals surface area contributed by atoms with Gasteiger partial charge in [0.25, 0.3) is 17.7 Å². The van der Waals surface area contributed by atoms with Crippen LogP contribution in [0.1, 0.15) is 90.1 Å². The Morgan fingerprint density at radius 1 is 0.862 bits per heavy atom. The molecule has 3 saturated heterocycles. The summed E-state index contributed by atoms with van der Waals surface area (Å²) in [5, 5.41) is 23.7. The third-order valence-electron chi connectivity index (χ3n) is 12.7. The molecule has 1 unspecified atom stereocenters. The van der Waals surface area contributed by atoms with Gasteiger partial charge in [0.1, 0.15) is 24.0 Å². The van der Waals surface area contributed by atoms with E-state index in [1.165, 1.54) is 0 Å². The third-order valence-corrected chi connectivity index (χ3v) is 13.0. The third kappa shape index (κ3) is 6.91. The Balaban J connectivity index is 0.811. The molecule has 16 heteroatoms. The Bertz CT molecular complexity index is 2210. The first-order valence-corrected chi connectivity index (χ1v) is 20.2. The van der Waals surface area contributed by atoms with Crippen molar-refractivity contribution in [2.24, 2.45) is 10.8 Å². The average Bonchev–Trinajstić information content (AvgIpc) is 3.46. The van der Waals surface area contributed by atoms with Gasteiger partial charge < -0.3 is 19.9 Å². The van der Waals surface area contributed by atoms with Gasteiger partial charge in [0, 0.05) is 80.4 Å². The molecule has 3 aromatic rings. The van der Waals surface area contributed by atoms with E-state index >= 15 is 0 Å². The number of imide groups is 2. The molecule has 1 saturated carbocycles. The molecule has 4 aliphatic heterocycles. The smallest absolute Gasteiger partial charge is 0.272 e. The molecule has 0 radical (unpaired) electrons. The molecular weight excluding hydrogens is 762 g/mol. The van der Waals surface area contributed by atoms with Gasteiger partial charge in [0.05, 0.1) is 21.7 Å². The number of hydrogen-bond donors (Lipinski definition) is 2. The first-order chi connectivity index (χ1) is 27.7.